The van der Waals surface area contributed by atoms with Gasteiger partial charge in [0.1, 0.15) is 17.3 Å². The summed E-state index contributed by atoms with van der Waals surface area (Å²) in [5.74, 6) is -3.29. The second kappa shape index (κ2) is 8.22. The van der Waals surface area contributed by atoms with Crippen LogP contribution in [0.4, 0.5) is 5.69 Å². The summed E-state index contributed by atoms with van der Waals surface area (Å²) in [6.45, 7) is 2.87. The molecule has 0 spiro atoms. The summed E-state index contributed by atoms with van der Waals surface area (Å²) in [5, 5.41) is 31.2. The molecule has 3 atom stereocenters. The van der Waals surface area contributed by atoms with Crippen LogP contribution in [0.2, 0.25) is 0 Å². The van der Waals surface area contributed by atoms with Crippen molar-refractivity contribution < 1.29 is 29.7 Å². The molecule has 0 fully saturated rings. The van der Waals surface area contributed by atoms with E-state index in [-0.39, 0.29) is 53.3 Å². The molecule has 0 bridgehead atoms. The third-order valence-electron chi connectivity index (χ3n) is 6.29. The smallest absolute Gasteiger partial charge is 0.196 e. The number of benzene rings is 1. The van der Waals surface area contributed by atoms with E-state index in [1.165, 1.54) is 6.92 Å². The van der Waals surface area contributed by atoms with Gasteiger partial charge >= 0.3 is 0 Å². The second-order valence-corrected chi connectivity index (χ2v) is 8.67. The van der Waals surface area contributed by atoms with E-state index in [0.29, 0.717) is 24.8 Å². The number of aliphatic hydroxyl groups excluding tert-OH is 2. The van der Waals surface area contributed by atoms with Crippen LogP contribution < -0.4 is 4.90 Å². The van der Waals surface area contributed by atoms with E-state index >= 15 is 0 Å². The highest BCUT2D eigenvalue weighted by Crippen LogP contribution is 2.49. The van der Waals surface area contributed by atoms with Crippen molar-refractivity contribution in [2.75, 3.05) is 25.6 Å². The Bertz CT molecular complexity index is 946. The number of anilines is 1. The fourth-order valence-electron chi connectivity index (χ4n) is 4.99. The van der Waals surface area contributed by atoms with Crippen LogP contribution in [0.5, 0.6) is 5.75 Å². The van der Waals surface area contributed by atoms with Crippen LogP contribution >= 0.6 is 0 Å². The number of hydrogen-bond donors (Lipinski definition) is 3. The van der Waals surface area contributed by atoms with Crippen molar-refractivity contribution in [3.63, 3.8) is 0 Å². The van der Waals surface area contributed by atoms with Crippen LogP contribution in [0.3, 0.4) is 0 Å². The number of fused-ring (bicyclic) bond motifs is 2. The molecule has 162 valence electrons. The minimum Gasteiger partial charge on any atom is -0.511 e. The molecule has 0 saturated heterocycles. The Labute approximate surface area is 176 Å². The largest absolute Gasteiger partial charge is 0.511 e. The molecule has 30 heavy (non-hydrogen) atoms. The number of nitrogens with zero attached hydrogens (tertiary/aromatic N) is 1. The molecule has 0 amide bonds. The van der Waals surface area contributed by atoms with Gasteiger partial charge in [-0.2, -0.15) is 0 Å². The number of carbonyl (C=O) groups is 3. The molecule has 2 aliphatic rings. The third-order valence-corrected chi connectivity index (χ3v) is 6.29. The fourth-order valence-corrected chi connectivity index (χ4v) is 4.99. The van der Waals surface area contributed by atoms with E-state index in [4.69, 9.17) is 0 Å². The molecule has 0 radical (unpaired) electrons. The quantitative estimate of drug-likeness (QED) is 0.612. The van der Waals surface area contributed by atoms with Crippen LogP contribution in [-0.4, -0.2) is 53.4 Å². The van der Waals surface area contributed by atoms with Crippen molar-refractivity contribution >= 4 is 23.0 Å². The first-order chi connectivity index (χ1) is 14.1. The highest BCUT2D eigenvalue weighted by atomic mass is 16.3. The predicted octanol–water partition coefficient (Wildman–Crippen LogP) is 2.50. The number of ketones is 3. The van der Waals surface area contributed by atoms with Gasteiger partial charge in [-0.1, -0.05) is 0 Å². The van der Waals surface area contributed by atoms with Crippen LogP contribution in [0.15, 0.2) is 17.4 Å². The Morgan fingerprint density at radius 2 is 1.90 bits per heavy atom. The summed E-state index contributed by atoms with van der Waals surface area (Å²) in [6.07, 6.45) is 0.857. The van der Waals surface area contributed by atoms with E-state index in [2.05, 4.69) is 0 Å². The van der Waals surface area contributed by atoms with Crippen molar-refractivity contribution in [3.05, 3.63) is 34.1 Å². The highest BCUT2D eigenvalue weighted by Gasteiger charge is 2.46. The van der Waals surface area contributed by atoms with Crippen molar-refractivity contribution in [1.29, 1.82) is 0 Å². The van der Waals surface area contributed by atoms with Gasteiger partial charge in [-0.25, -0.2) is 0 Å². The maximum Gasteiger partial charge on any atom is 0.196 e. The summed E-state index contributed by atoms with van der Waals surface area (Å²) in [4.78, 5) is 39.6. The molecular weight excluding hydrogens is 386 g/mol. The normalized spacial score (nSPS) is 23.1. The summed E-state index contributed by atoms with van der Waals surface area (Å²) in [5.41, 5.74) is 2.45. The van der Waals surface area contributed by atoms with E-state index in [1.54, 1.807) is 6.92 Å². The first kappa shape index (κ1) is 22.0. The Morgan fingerprint density at radius 1 is 1.23 bits per heavy atom. The maximum absolute atomic E-state index is 13.4. The van der Waals surface area contributed by atoms with Crippen molar-refractivity contribution in [1.82, 2.24) is 0 Å². The van der Waals surface area contributed by atoms with Crippen molar-refractivity contribution in [2.45, 2.75) is 39.5 Å². The molecule has 1 aromatic rings. The van der Waals surface area contributed by atoms with Crippen LogP contribution in [0.1, 0.15) is 47.7 Å². The number of aliphatic hydroxyl groups is 2. The van der Waals surface area contributed by atoms with E-state index in [9.17, 15) is 29.7 Å². The zero-order chi connectivity index (χ0) is 22.3. The predicted molar refractivity (Wildman–Crippen MR) is 112 cm³/mol. The topological polar surface area (TPSA) is 115 Å². The minimum absolute atomic E-state index is 0.108. The summed E-state index contributed by atoms with van der Waals surface area (Å²) in [7, 11) is 3.73. The molecule has 3 rings (SSSR count). The van der Waals surface area contributed by atoms with Gasteiger partial charge in [0.15, 0.2) is 11.6 Å². The number of allylic oxidation sites excluding steroid dienone is 2. The van der Waals surface area contributed by atoms with Crippen LogP contribution in [0, 0.1) is 24.7 Å². The number of Topliss-reactive ketones (excluding diaryl/α,β-unsaturated/α-hetero) is 3. The van der Waals surface area contributed by atoms with E-state index in [1.807, 2.05) is 25.1 Å². The Balaban J connectivity index is 2.17. The molecular formula is C23H29NO6. The second-order valence-electron chi connectivity index (χ2n) is 8.67. The molecule has 0 aliphatic heterocycles. The van der Waals surface area contributed by atoms with E-state index < -0.39 is 17.5 Å². The number of carbonyl (C=O) groups excluding carboxylic acids is 3. The van der Waals surface area contributed by atoms with Gasteiger partial charge in [-0.05, 0) is 62.1 Å². The Hall–Kier alpha value is -2.67. The lowest BCUT2D eigenvalue weighted by Crippen LogP contribution is -2.39. The number of hydrogen-bond acceptors (Lipinski definition) is 7. The lowest BCUT2D eigenvalue weighted by molar-refractivity contribution is -0.129. The molecule has 0 heterocycles. The standard InChI is InChI=1S/C23H29NO6/c1-11-7-16(24(3)4)15-10-14-9-13(5-6-25)18(17(27)8-12(2)26)22(29)19(14)23(30)20(15)21(11)28/h7,13-14,18,25,28-29H,5-6,8-10H2,1-4H3. The first-order valence-electron chi connectivity index (χ1n) is 10.2. The van der Waals surface area contributed by atoms with Crippen molar-refractivity contribution in [2.24, 2.45) is 17.8 Å². The minimum atomic E-state index is -0.988. The monoisotopic (exact) mass is 415 g/mol. The number of aryl methyl sites for hydroxylation is 1. The fraction of sp³-hybridized carbons (Fsp3) is 0.522. The molecule has 0 aromatic heterocycles. The van der Waals surface area contributed by atoms with Crippen LogP contribution in [-0.2, 0) is 16.0 Å². The average Bonchev–Trinajstić information content (AvgIpc) is 2.63. The Kier molecular flexibility index (Phi) is 6.04. The number of rotatable bonds is 6. The third kappa shape index (κ3) is 3.62. The van der Waals surface area contributed by atoms with Gasteiger partial charge in [0.2, 0.25) is 0 Å². The van der Waals surface area contributed by atoms with Gasteiger partial charge in [0.05, 0.1) is 17.9 Å². The SMILES string of the molecule is CC(=O)CC(=O)C1C(O)=C2C(=O)c3c(O)c(C)cc(N(C)C)c3CC2CC1CCO. The van der Waals surface area contributed by atoms with Gasteiger partial charge in [-0.15, -0.1) is 0 Å². The van der Waals surface area contributed by atoms with E-state index in [0.717, 1.165) is 11.3 Å². The van der Waals surface area contributed by atoms with Gasteiger partial charge in [0.25, 0.3) is 0 Å². The van der Waals surface area contributed by atoms with Gasteiger partial charge < -0.3 is 20.2 Å². The zero-order valence-corrected chi connectivity index (χ0v) is 17.9. The molecule has 7 nitrogen and oxygen atoms in total. The number of phenols is 1. The molecule has 7 heteroatoms. The molecule has 3 N–H and O–H groups in total. The molecule has 2 aliphatic carbocycles. The summed E-state index contributed by atoms with van der Waals surface area (Å²) in [6, 6.07) is 1.84. The van der Waals surface area contributed by atoms with Gasteiger partial charge in [0, 0.05) is 32.0 Å². The number of aromatic hydroxyl groups is 1. The lowest BCUT2D eigenvalue weighted by Gasteiger charge is -2.39. The van der Waals surface area contributed by atoms with Crippen LogP contribution in [0.25, 0.3) is 0 Å². The molecule has 3 unspecified atom stereocenters. The average molecular weight is 415 g/mol. The maximum atomic E-state index is 13.4. The Morgan fingerprint density at radius 3 is 2.47 bits per heavy atom. The molecule has 1 aromatic carbocycles. The zero-order valence-electron chi connectivity index (χ0n) is 17.9. The highest BCUT2D eigenvalue weighted by molar-refractivity contribution is 6.15. The van der Waals surface area contributed by atoms with Gasteiger partial charge in [-0.3, -0.25) is 14.4 Å². The summed E-state index contributed by atoms with van der Waals surface area (Å²) >= 11 is 0. The van der Waals surface area contributed by atoms with Crippen molar-refractivity contribution in [3.8, 4) is 5.75 Å². The number of phenolic OH excluding ortho intramolecular Hbond substituents is 1. The first-order valence-corrected chi connectivity index (χ1v) is 10.2. The summed E-state index contributed by atoms with van der Waals surface area (Å²) < 4.78 is 0. The lowest BCUT2D eigenvalue weighted by atomic mass is 9.64. The molecule has 0 saturated carbocycles.